The highest BCUT2D eigenvalue weighted by molar-refractivity contribution is 5.71. The number of tetrazole rings is 1. The third kappa shape index (κ3) is 2.38. The van der Waals surface area contributed by atoms with Crippen LogP contribution in [0.3, 0.4) is 0 Å². The lowest BCUT2D eigenvalue weighted by atomic mass is 10.4. The SMILES string of the molecule is Cn1nnc(COc2ccc(C=O)nc2)n1. The van der Waals surface area contributed by atoms with Crippen LogP contribution in [0.1, 0.15) is 16.3 Å². The fourth-order valence-corrected chi connectivity index (χ4v) is 1.08. The van der Waals surface area contributed by atoms with Crippen molar-refractivity contribution in [3.63, 3.8) is 0 Å². The molecule has 7 nitrogen and oxygen atoms in total. The van der Waals surface area contributed by atoms with Crippen molar-refractivity contribution in [2.75, 3.05) is 0 Å². The Kier molecular flexibility index (Phi) is 2.86. The van der Waals surface area contributed by atoms with Crippen LogP contribution >= 0.6 is 0 Å². The maximum absolute atomic E-state index is 10.4. The Bertz CT molecular complexity index is 479. The molecule has 16 heavy (non-hydrogen) atoms. The van der Waals surface area contributed by atoms with Gasteiger partial charge in [-0.1, -0.05) is 0 Å². The molecule has 2 rings (SSSR count). The molecule has 0 N–H and O–H groups in total. The highest BCUT2D eigenvalue weighted by atomic mass is 16.5. The normalized spacial score (nSPS) is 10.1. The molecule has 7 heteroatoms. The van der Waals surface area contributed by atoms with Gasteiger partial charge in [-0.3, -0.25) is 4.79 Å². The van der Waals surface area contributed by atoms with Gasteiger partial charge >= 0.3 is 0 Å². The minimum atomic E-state index is 0.218. The molecule has 0 saturated heterocycles. The van der Waals surface area contributed by atoms with Crippen molar-refractivity contribution < 1.29 is 9.53 Å². The third-order valence-electron chi connectivity index (χ3n) is 1.80. The first-order chi connectivity index (χ1) is 7.78. The number of aryl methyl sites for hydroxylation is 1. The first-order valence-corrected chi connectivity index (χ1v) is 4.55. The summed E-state index contributed by atoms with van der Waals surface area (Å²) in [5.74, 6) is 1.04. The monoisotopic (exact) mass is 219 g/mol. The molecule has 0 saturated carbocycles. The first-order valence-electron chi connectivity index (χ1n) is 4.55. The molecule has 0 spiro atoms. The van der Waals surface area contributed by atoms with Gasteiger partial charge in [-0.2, -0.15) is 4.80 Å². The summed E-state index contributed by atoms with van der Waals surface area (Å²) < 4.78 is 5.35. The van der Waals surface area contributed by atoms with E-state index >= 15 is 0 Å². The van der Waals surface area contributed by atoms with E-state index in [1.807, 2.05) is 0 Å². The molecule has 0 bridgehead atoms. The molecule has 2 aromatic rings. The maximum Gasteiger partial charge on any atom is 0.212 e. The third-order valence-corrected chi connectivity index (χ3v) is 1.80. The van der Waals surface area contributed by atoms with Gasteiger partial charge in [0.1, 0.15) is 11.4 Å². The van der Waals surface area contributed by atoms with Crippen molar-refractivity contribution in [1.82, 2.24) is 25.2 Å². The number of nitrogens with zero attached hydrogens (tertiary/aromatic N) is 5. The summed E-state index contributed by atoms with van der Waals surface area (Å²) in [5.41, 5.74) is 0.366. The van der Waals surface area contributed by atoms with Crippen LogP contribution in [0, 0.1) is 0 Å². The van der Waals surface area contributed by atoms with Gasteiger partial charge < -0.3 is 4.74 Å². The van der Waals surface area contributed by atoms with Crippen molar-refractivity contribution in [3.05, 3.63) is 29.8 Å². The molecule has 0 fully saturated rings. The highest BCUT2D eigenvalue weighted by Crippen LogP contribution is 2.09. The molecule has 0 atom stereocenters. The lowest BCUT2D eigenvalue weighted by Gasteiger charge is -2.01. The van der Waals surface area contributed by atoms with Gasteiger partial charge in [-0.15, -0.1) is 10.2 Å². The number of pyridine rings is 1. The minimum Gasteiger partial charge on any atom is -0.484 e. The zero-order valence-corrected chi connectivity index (χ0v) is 8.57. The van der Waals surface area contributed by atoms with Gasteiger partial charge in [0.15, 0.2) is 12.9 Å². The largest absolute Gasteiger partial charge is 0.484 e. The molecule has 0 aliphatic heterocycles. The Hall–Kier alpha value is -2.31. The maximum atomic E-state index is 10.4. The van der Waals surface area contributed by atoms with Gasteiger partial charge in [-0.25, -0.2) is 4.98 Å². The summed E-state index contributed by atoms with van der Waals surface area (Å²) in [6.07, 6.45) is 2.15. The van der Waals surface area contributed by atoms with E-state index in [0.717, 1.165) is 0 Å². The molecule has 82 valence electrons. The van der Waals surface area contributed by atoms with Crippen LogP contribution in [0.15, 0.2) is 18.3 Å². The number of ether oxygens (including phenoxy) is 1. The van der Waals surface area contributed by atoms with Crippen molar-refractivity contribution in [2.45, 2.75) is 6.61 Å². The van der Waals surface area contributed by atoms with E-state index in [-0.39, 0.29) is 6.61 Å². The molecule has 0 aromatic carbocycles. The van der Waals surface area contributed by atoms with Gasteiger partial charge in [0.05, 0.1) is 13.2 Å². The Morgan fingerprint density at radius 1 is 1.50 bits per heavy atom. The van der Waals surface area contributed by atoms with Crippen molar-refractivity contribution in [2.24, 2.45) is 7.05 Å². The summed E-state index contributed by atoms with van der Waals surface area (Å²) in [6, 6.07) is 3.24. The Labute approximate surface area is 91.1 Å². The lowest BCUT2D eigenvalue weighted by molar-refractivity contribution is 0.111. The first kappa shape index (κ1) is 10.2. The fraction of sp³-hybridized carbons (Fsp3) is 0.222. The molecule has 0 unspecified atom stereocenters. The van der Waals surface area contributed by atoms with Crippen LogP contribution in [-0.2, 0) is 13.7 Å². The van der Waals surface area contributed by atoms with Crippen LogP contribution in [0.2, 0.25) is 0 Å². The van der Waals surface area contributed by atoms with Crippen LogP contribution in [0.25, 0.3) is 0 Å². The highest BCUT2D eigenvalue weighted by Gasteiger charge is 2.01. The van der Waals surface area contributed by atoms with E-state index in [0.29, 0.717) is 23.6 Å². The summed E-state index contributed by atoms with van der Waals surface area (Å²) in [6.45, 7) is 0.218. The van der Waals surface area contributed by atoms with Crippen LogP contribution in [0.4, 0.5) is 0 Å². The predicted molar refractivity (Wildman–Crippen MR) is 52.8 cm³/mol. The Morgan fingerprint density at radius 2 is 2.38 bits per heavy atom. The number of carbonyl (C=O) groups excluding carboxylic acids is 1. The van der Waals surface area contributed by atoms with Gasteiger partial charge in [-0.05, 0) is 17.3 Å². The average Bonchev–Trinajstić information content (AvgIpc) is 2.73. The zero-order valence-electron chi connectivity index (χ0n) is 8.57. The Balaban J connectivity index is 1.96. The summed E-state index contributed by atoms with van der Waals surface area (Å²) in [7, 11) is 1.68. The van der Waals surface area contributed by atoms with E-state index in [9.17, 15) is 4.79 Å². The van der Waals surface area contributed by atoms with Gasteiger partial charge in [0.25, 0.3) is 0 Å². The van der Waals surface area contributed by atoms with E-state index in [1.165, 1.54) is 11.0 Å². The van der Waals surface area contributed by atoms with E-state index in [4.69, 9.17) is 4.74 Å². The molecule has 0 amide bonds. The summed E-state index contributed by atoms with van der Waals surface area (Å²) in [4.78, 5) is 15.6. The number of aldehydes is 1. The molecular weight excluding hydrogens is 210 g/mol. The van der Waals surface area contributed by atoms with Crippen molar-refractivity contribution in [1.29, 1.82) is 0 Å². The van der Waals surface area contributed by atoms with Crippen LogP contribution < -0.4 is 4.74 Å². The molecule has 0 aliphatic rings. The second kappa shape index (κ2) is 4.47. The molecule has 0 aliphatic carbocycles. The zero-order chi connectivity index (χ0) is 11.4. The summed E-state index contributed by atoms with van der Waals surface area (Å²) in [5, 5.41) is 11.4. The number of hydrogen-bond acceptors (Lipinski definition) is 6. The van der Waals surface area contributed by atoms with E-state index in [2.05, 4.69) is 20.4 Å². The smallest absolute Gasteiger partial charge is 0.212 e. The minimum absolute atomic E-state index is 0.218. The summed E-state index contributed by atoms with van der Waals surface area (Å²) >= 11 is 0. The fourth-order valence-electron chi connectivity index (χ4n) is 1.08. The molecule has 0 radical (unpaired) electrons. The van der Waals surface area contributed by atoms with E-state index < -0.39 is 0 Å². The lowest BCUT2D eigenvalue weighted by Crippen LogP contribution is -1.99. The van der Waals surface area contributed by atoms with Gasteiger partial charge in [0.2, 0.25) is 5.82 Å². The van der Waals surface area contributed by atoms with Crippen LogP contribution in [0.5, 0.6) is 5.75 Å². The molecular formula is C9H9N5O2. The Morgan fingerprint density at radius 3 is 2.94 bits per heavy atom. The number of carbonyl (C=O) groups is 1. The number of hydrogen-bond donors (Lipinski definition) is 0. The predicted octanol–water partition coefficient (Wildman–Crippen LogP) is -0.00340. The standard InChI is InChI=1S/C9H9N5O2/c1-14-12-9(11-13-14)6-16-8-3-2-7(5-15)10-4-8/h2-5H,6H2,1H3. The molecule has 2 heterocycles. The van der Waals surface area contributed by atoms with Crippen LogP contribution in [-0.4, -0.2) is 31.5 Å². The second-order valence-electron chi connectivity index (χ2n) is 3.02. The second-order valence-corrected chi connectivity index (χ2v) is 3.02. The number of aromatic nitrogens is 5. The van der Waals surface area contributed by atoms with Crippen molar-refractivity contribution >= 4 is 6.29 Å². The molecule has 2 aromatic heterocycles. The van der Waals surface area contributed by atoms with Gasteiger partial charge in [0, 0.05) is 0 Å². The number of rotatable bonds is 4. The average molecular weight is 219 g/mol. The quantitative estimate of drug-likeness (QED) is 0.673. The van der Waals surface area contributed by atoms with E-state index in [1.54, 1.807) is 19.2 Å². The topological polar surface area (TPSA) is 82.8 Å². The van der Waals surface area contributed by atoms with Crippen molar-refractivity contribution in [3.8, 4) is 5.75 Å².